The number of benzene rings is 2. The maximum absolute atomic E-state index is 13.6. The van der Waals surface area contributed by atoms with Crippen molar-refractivity contribution in [1.82, 2.24) is 10.2 Å². The van der Waals surface area contributed by atoms with E-state index in [0.29, 0.717) is 16.0 Å². The first kappa shape index (κ1) is 19.2. The zero-order valence-electron chi connectivity index (χ0n) is 14.3. The molecule has 1 aromatic heterocycles. The first-order chi connectivity index (χ1) is 13.0. The summed E-state index contributed by atoms with van der Waals surface area (Å²) in [7, 11) is 0. The Kier molecular flexibility index (Phi) is 6.36. The van der Waals surface area contributed by atoms with Gasteiger partial charge in [0, 0.05) is 12.6 Å². The average molecular weight is 406 g/mol. The Morgan fingerprint density at radius 1 is 1.19 bits per heavy atom. The van der Waals surface area contributed by atoms with Crippen LogP contribution in [-0.2, 0) is 11.3 Å². The second kappa shape index (κ2) is 8.92. The van der Waals surface area contributed by atoms with Gasteiger partial charge in [0.1, 0.15) is 11.6 Å². The molecule has 0 fully saturated rings. The van der Waals surface area contributed by atoms with Crippen molar-refractivity contribution in [2.24, 2.45) is 0 Å². The van der Waals surface area contributed by atoms with Crippen molar-refractivity contribution in [1.29, 1.82) is 0 Å². The quantitative estimate of drug-likeness (QED) is 0.564. The summed E-state index contributed by atoms with van der Waals surface area (Å²) in [6.45, 7) is 2.31. The van der Waals surface area contributed by atoms with Gasteiger partial charge in [-0.3, -0.25) is 4.79 Å². The highest BCUT2D eigenvalue weighted by Gasteiger charge is 2.18. The zero-order chi connectivity index (χ0) is 19.2. The number of halogens is 2. The number of carbonyl (C=O) groups excluding carboxylic acids is 1. The third-order valence-electron chi connectivity index (χ3n) is 3.53. The normalized spacial score (nSPS) is 11.8. The minimum Gasteiger partial charge on any atom is -0.356 e. The van der Waals surface area contributed by atoms with Crippen molar-refractivity contribution in [3.8, 4) is 0 Å². The van der Waals surface area contributed by atoms with Crippen molar-refractivity contribution >= 4 is 39.8 Å². The summed E-state index contributed by atoms with van der Waals surface area (Å²) in [6, 6.07) is 12.9. The lowest BCUT2D eigenvalue weighted by atomic mass is 10.2. The number of thioether (sulfide) groups is 1. The van der Waals surface area contributed by atoms with Gasteiger partial charge in [0.25, 0.3) is 0 Å². The summed E-state index contributed by atoms with van der Waals surface area (Å²) in [4.78, 5) is 12.2. The van der Waals surface area contributed by atoms with Gasteiger partial charge in [0.05, 0.1) is 10.9 Å². The van der Waals surface area contributed by atoms with Gasteiger partial charge in [-0.25, -0.2) is 8.78 Å². The first-order valence-corrected chi connectivity index (χ1v) is 9.75. The van der Waals surface area contributed by atoms with Crippen LogP contribution in [0.25, 0.3) is 0 Å². The predicted molar refractivity (Wildman–Crippen MR) is 104 cm³/mol. The standard InChI is InChI=1S/C18H16F2N4OS2/c1-11(16(25)22-15-8-7-13(19)9-14(15)20)26-18-24-23-17(27-18)21-10-12-5-3-2-4-6-12/h2-9,11H,10H2,1H3,(H,21,23)(H,22,25). The number of nitrogens with zero attached hydrogens (tertiary/aromatic N) is 2. The van der Waals surface area contributed by atoms with Gasteiger partial charge in [0.15, 0.2) is 4.34 Å². The molecule has 0 saturated heterocycles. The van der Waals surface area contributed by atoms with Crippen LogP contribution in [0.2, 0.25) is 0 Å². The predicted octanol–water partition coefficient (Wildman–Crippen LogP) is 4.55. The lowest BCUT2D eigenvalue weighted by Gasteiger charge is -2.10. The van der Waals surface area contributed by atoms with E-state index in [0.717, 1.165) is 17.7 Å². The average Bonchev–Trinajstić information content (AvgIpc) is 3.10. The molecule has 0 aliphatic carbocycles. The number of rotatable bonds is 7. The molecule has 5 nitrogen and oxygen atoms in total. The fourth-order valence-electron chi connectivity index (χ4n) is 2.13. The van der Waals surface area contributed by atoms with Gasteiger partial charge in [-0.05, 0) is 24.6 Å². The van der Waals surface area contributed by atoms with E-state index in [9.17, 15) is 13.6 Å². The van der Waals surface area contributed by atoms with Crippen LogP contribution in [0.1, 0.15) is 12.5 Å². The van der Waals surface area contributed by atoms with Gasteiger partial charge in [-0.1, -0.05) is 53.4 Å². The monoisotopic (exact) mass is 406 g/mol. The number of nitrogens with one attached hydrogen (secondary N) is 2. The van der Waals surface area contributed by atoms with Gasteiger partial charge in [0.2, 0.25) is 11.0 Å². The molecule has 0 aliphatic heterocycles. The molecule has 27 heavy (non-hydrogen) atoms. The van der Waals surface area contributed by atoms with Crippen LogP contribution in [0, 0.1) is 11.6 Å². The third-order valence-corrected chi connectivity index (χ3v) is 5.59. The summed E-state index contributed by atoms with van der Waals surface area (Å²) in [5, 5.41) is 13.9. The SMILES string of the molecule is CC(Sc1nnc(NCc2ccccc2)s1)C(=O)Nc1ccc(F)cc1F. The Balaban J connectivity index is 1.53. The molecular weight excluding hydrogens is 390 g/mol. The third kappa shape index (κ3) is 5.48. The summed E-state index contributed by atoms with van der Waals surface area (Å²) >= 11 is 2.55. The van der Waals surface area contributed by atoms with E-state index in [-0.39, 0.29) is 5.69 Å². The van der Waals surface area contributed by atoms with Gasteiger partial charge < -0.3 is 10.6 Å². The van der Waals surface area contributed by atoms with Crippen LogP contribution in [0.5, 0.6) is 0 Å². The van der Waals surface area contributed by atoms with E-state index in [1.54, 1.807) is 6.92 Å². The fourth-order valence-corrected chi connectivity index (χ4v) is 4.02. The van der Waals surface area contributed by atoms with Gasteiger partial charge >= 0.3 is 0 Å². The molecule has 3 aromatic rings. The van der Waals surface area contributed by atoms with Crippen molar-refractivity contribution in [2.75, 3.05) is 10.6 Å². The summed E-state index contributed by atoms with van der Waals surface area (Å²) in [5.41, 5.74) is 1.06. The minimum atomic E-state index is -0.816. The fraction of sp³-hybridized carbons (Fsp3) is 0.167. The lowest BCUT2D eigenvalue weighted by molar-refractivity contribution is -0.115. The molecule has 0 spiro atoms. The highest BCUT2D eigenvalue weighted by atomic mass is 32.2. The maximum atomic E-state index is 13.6. The number of hydrogen-bond donors (Lipinski definition) is 2. The maximum Gasteiger partial charge on any atom is 0.237 e. The highest BCUT2D eigenvalue weighted by molar-refractivity contribution is 8.02. The number of aromatic nitrogens is 2. The molecule has 0 aliphatic rings. The van der Waals surface area contributed by atoms with Crippen molar-refractivity contribution in [3.63, 3.8) is 0 Å². The summed E-state index contributed by atoms with van der Waals surface area (Å²) in [6.07, 6.45) is 0. The molecular formula is C18H16F2N4OS2. The highest BCUT2D eigenvalue weighted by Crippen LogP contribution is 2.30. The second-order valence-electron chi connectivity index (χ2n) is 5.59. The van der Waals surface area contributed by atoms with Crippen LogP contribution in [0.15, 0.2) is 52.9 Å². The first-order valence-electron chi connectivity index (χ1n) is 8.05. The molecule has 0 radical (unpaired) electrons. The summed E-state index contributed by atoms with van der Waals surface area (Å²) < 4.78 is 27.2. The van der Waals surface area contributed by atoms with Crippen LogP contribution >= 0.6 is 23.1 Å². The lowest BCUT2D eigenvalue weighted by Crippen LogP contribution is -2.22. The molecule has 9 heteroatoms. The number of amides is 1. The van der Waals surface area contributed by atoms with Crippen molar-refractivity contribution < 1.29 is 13.6 Å². The Labute approximate surface area is 163 Å². The van der Waals surface area contributed by atoms with Crippen LogP contribution < -0.4 is 10.6 Å². The Morgan fingerprint density at radius 3 is 2.70 bits per heavy atom. The van der Waals surface area contributed by atoms with Crippen LogP contribution in [-0.4, -0.2) is 21.4 Å². The number of carbonyl (C=O) groups is 1. The van der Waals surface area contributed by atoms with Crippen LogP contribution in [0.3, 0.4) is 0 Å². The molecule has 2 aromatic carbocycles. The molecule has 0 bridgehead atoms. The number of hydrogen-bond acceptors (Lipinski definition) is 6. The molecule has 1 amide bonds. The molecule has 140 valence electrons. The zero-order valence-corrected chi connectivity index (χ0v) is 15.9. The van der Waals surface area contributed by atoms with Crippen molar-refractivity contribution in [2.45, 2.75) is 23.1 Å². The Bertz CT molecular complexity index is 921. The van der Waals surface area contributed by atoms with Crippen LogP contribution in [0.4, 0.5) is 19.6 Å². The van der Waals surface area contributed by atoms with E-state index < -0.39 is 22.8 Å². The molecule has 2 N–H and O–H groups in total. The molecule has 1 atom stereocenters. The van der Waals surface area contributed by atoms with Crippen molar-refractivity contribution in [3.05, 3.63) is 65.7 Å². The Morgan fingerprint density at radius 2 is 1.96 bits per heavy atom. The molecule has 1 unspecified atom stereocenters. The second-order valence-corrected chi connectivity index (χ2v) is 8.15. The molecule has 1 heterocycles. The van der Waals surface area contributed by atoms with Gasteiger partial charge in [-0.15, -0.1) is 10.2 Å². The van der Waals surface area contributed by atoms with E-state index in [1.165, 1.54) is 29.2 Å². The number of anilines is 2. The smallest absolute Gasteiger partial charge is 0.237 e. The minimum absolute atomic E-state index is 0.0590. The van der Waals surface area contributed by atoms with E-state index in [1.807, 2.05) is 30.3 Å². The van der Waals surface area contributed by atoms with E-state index >= 15 is 0 Å². The largest absolute Gasteiger partial charge is 0.356 e. The van der Waals surface area contributed by atoms with Gasteiger partial charge in [-0.2, -0.15) is 0 Å². The molecule has 0 saturated carbocycles. The van der Waals surface area contributed by atoms with E-state index in [2.05, 4.69) is 20.8 Å². The summed E-state index contributed by atoms with van der Waals surface area (Å²) in [5.74, 6) is -1.92. The Hall–Kier alpha value is -2.52. The molecule has 3 rings (SSSR count). The van der Waals surface area contributed by atoms with E-state index in [4.69, 9.17) is 0 Å². The topological polar surface area (TPSA) is 66.9 Å².